The second-order valence-electron chi connectivity index (χ2n) is 7.13. The van der Waals surface area contributed by atoms with Crippen LogP contribution in [0.5, 0.6) is 11.6 Å². The molecule has 11 heteroatoms. The van der Waals surface area contributed by atoms with E-state index >= 15 is 0 Å². The molecule has 1 atom stereocenters. The minimum absolute atomic E-state index is 0.143. The molecular weight excluding hydrogens is 417 g/mol. The van der Waals surface area contributed by atoms with Crippen molar-refractivity contribution in [2.45, 2.75) is 18.9 Å². The molecule has 4 aromatic rings. The van der Waals surface area contributed by atoms with Gasteiger partial charge in [-0.1, -0.05) is 0 Å². The fraction of sp³-hybridized carbons (Fsp3) is 0.190. The summed E-state index contributed by atoms with van der Waals surface area (Å²) in [6.45, 7) is 0. The summed E-state index contributed by atoms with van der Waals surface area (Å²) in [7, 11) is 1.76. The molecule has 0 saturated carbocycles. The predicted octanol–water partition coefficient (Wildman–Crippen LogP) is 2.34. The molecule has 0 aliphatic heterocycles. The topological polar surface area (TPSA) is 134 Å². The first-order valence-electron chi connectivity index (χ1n) is 9.70. The van der Waals surface area contributed by atoms with Crippen molar-refractivity contribution in [3.63, 3.8) is 0 Å². The van der Waals surface area contributed by atoms with Gasteiger partial charge in [-0.25, -0.2) is 9.37 Å². The van der Waals surface area contributed by atoms with E-state index in [0.717, 1.165) is 5.69 Å². The van der Waals surface area contributed by atoms with Crippen LogP contribution in [0.4, 0.5) is 4.39 Å². The number of carbonyl (C=O) groups is 1. The van der Waals surface area contributed by atoms with Crippen molar-refractivity contribution >= 4 is 5.97 Å². The van der Waals surface area contributed by atoms with Crippen LogP contribution in [0, 0.1) is 5.82 Å². The van der Waals surface area contributed by atoms with Crippen molar-refractivity contribution in [3.05, 3.63) is 66.5 Å². The second-order valence-corrected chi connectivity index (χ2v) is 7.13. The summed E-state index contributed by atoms with van der Waals surface area (Å²) < 4.78 is 21.7. The Kier molecular flexibility index (Phi) is 5.90. The lowest BCUT2D eigenvalue weighted by Crippen LogP contribution is -2.26. The Hall–Kier alpha value is -4.12. The molecule has 4 rings (SSSR count). The van der Waals surface area contributed by atoms with Crippen molar-refractivity contribution < 1.29 is 19.0 Å². The lowest BCUT2D eigenvalue weighted by Gasteiger charge is -2.08. The Morgan fingerprint density at radius 2 is 2.00 bits per heavy atom. The van der Waals surface area contributed by atoms with Gasteiger partial charge < -0.3 is 15.6 Å². The van der Waals surface area contributed by atoms with E-state index in [2.05, 4.69) is 20.3 Å². The monoisotopic (exact) mass is 437 g/mol. The average molecular weight is 437 g/mol. The first-order valence-corrected chi connectivity index (χ1v) is 9.70. The summed E-state index contributed by atoms with van der Waals surface area (Å²) in [6.07, 6.45) is 4.84. The first-order chi connectivity index (χ1) is 15.4. The normalized spacial score (nSPS) is 12.0. The Morgan fingerprint density at radius 3 is 2.66 bits per heavy atom. The Bertz CT molecular complexity index is 1240. The summed E-state index contributed by atoms with van der Waals surface area (Å²) in [4.78, 5) is 16.2. The molecule has 0 spiro atoms. The number of aliphatic carboxylic acids is 1. The Labute approximate surface area is 182 Å². The molecule has 1 unspecified atom stereocenters. The molecule has 3 heterocycles. The highest BCUT2D eigenvalue weighted by molar-refractivity contribution is 5.67. The van der Waals surface area contributed by atoms with Crippen LogP contribution < -0.4 is 10.5 Å². The number of hydrogen-bond acceptors (Lipinski definition) is 7. The van der Waals surface area contributed by atoms with Crippen molar-refractivity contribution in [2.24, 2.45) is 12.8 Å². The van der Waals surface area contributed by atoms with Gasteiger partial charge in [-0.3, -0.25) is 9.48 Å². The van der Waals surface area contributed by atoms with Gasteiger partial charge in [-0.2, -0.15) is 20.1 Å². The van der Waals surface area contributed by atoms with Crippen molar-refractivity contribution in [2.75, 3.05) is 0 Å². The SMILES string of the molecule is Cn1nccc1-c1cnc(Oc2ccc(-n3ncc(CC(N)CC(=O)O)n3)cc2)c(F)c1. The lowest BCUT2D eigenvalue weighted by atomic mass is 10.1. The summed E-state index contributed by atoms with van der Waals surface area (Å²) in [5.41, 5.74) is 8.35. The zero-order valence-electron chi connectivity index (χ0n) is 17.1. The van der Waals surface area contributed by atoms with E-state index in [-0.39, 0.29) is 12.3 Å². The number of ether oxygens (including phenoxy) is 1. The molecule has 1 aromatic carbocycles. The number of benzene rings is 1. The molecule has 3 N–H and O–H groups in total. The molecule has 3 aromatic heterocycles. The third kappa shape index (κ3) is 4.78. The molecule has 164 valence electrons. The predicted molar refractivity (Wildman–Crippen MR) is 112 cm³/mol. The van der Waals surface area contributed by atoms with Crippen molar-refractivity contribution in [3.8, 4) is 28.6 Å². The molecule has 0 aliphatic carbocycles. The van der Waals surface area contributed by atoms with Crippen LogP contribution in [0.25, 0.3) is 16.9 Å². The van der Waals surface area contributed by atoms with Crippen LogP contribution in [0.15, 0.2) is 55.0 Å². The van der Waals surface area contributed by atoms with Crippen LogP contribution in [-0.2, 0) is 18.3 Å². The Morgan fingerprint density at radius 1 is 1.22 bits per heavy atom. The second kappa shape index (κ2) is 8.94. The van der Waals surface area contributed by atoms with Crippen molar-refractivity contribution in [1.82, 2.24) is 29.8 Å². The van der Waals surface area contributed by atoms with E-state index in [1.807, 2.05) is 0 Å². The summed E-state index contributed by atoms with van der Waals surface area (Å²) in [5.74, 6) is -1.30. The molecule has 0 fully saturated rings. The van der Waals surface area contributed by atoms with Crippen LogP contribution >= 0.6 is 0 Å². The zero-order chi connectivity index (χ0) is 22.7. The van der Waals surface area contributed by atoms with E-state index < -0.39 is 17.8 Å². The molecular formula is C21H20FN7O3. The smallest absolute Gasteiger partial charge is 0.304 e. The Balaban J connectivity index is 1.43. The van der Waals surface area contributed by atoms with Gasteiger partial charge in [0, 0.05) is 37.5 Å². The number of rotatable bonds is 8. The minimum Gasteiger partial charge on any atom is -0.481 e. The first kappa shape index (κ1) is 21.1. The van der Waals surface area contributed by atoms with Gasteiger partial charge in [0.1, 0.15) is 5.75 Å². The molecule has 10 nitrogen and oxygen atoms in total. The maximum Gasteiger partial charge on any atom is 0.304 e. The summed E-state index contributed by atoms with van der Waals surface area (Å²) in [5, 5.41) is 21.3. The molecule has 0 saturated heterocycles. The van der Waals surface area contributed by atoms with E-state index in [4.69, 9.17) is 15.6 Å². The number of carboxylic acid groups (broad SMARTS) is 1. The number of aryl methyl sites for hydroxylation is 1. The highest BCUT2D eigenvalue weighted by atomic mass is 19.1. The fourth-order valence-corrected chi connectivity index (χ4v) is 3.13. The van der Waals surface area contributed by atoms with Gasteiger partial charge in [-0.15, -0.1) is 0 Å². The van der Waals surface area contributed by atoms with E-state index in [0.29, 0.717) is 29.1 Å². The largest absolute Gasteiger partial charge is 0.481 e. The maximum atomic E-state index is 14.5. The van der Waals surface area contributed by atoms with Crippen LogP contribution in [0.3, 0.4) is 0 Å². The molecule has 0 bridgehead atoms. The average Bonchev–Trinajstić information content (AvgIpc) is 3.38. The third-order valence-corrected chi connectivity index (χ3v) is 4.65. The van der Waals surface area contributed by atoms with E-state index in [9.17, 15) is 9.18 Å². The number of hydrogen-bond donors (Lipinski definition) is 2. The number of nitrogens with two attached hydrogens (primary N) is 1. The lowest BCUT2D eigenvalue weighted by molar-refractivity contribution is -0.137. The number of halogens is 1. The molecule has 0 amide bonds. The standard InChI is InChI=1S/C21H20FN7O3/c1-28-19(6-7-25-28)13-8-18(22)21(24-11-13)32-17-4-2-16(3-5-17)29-26-12-15(27-29)9-14(23)10-20(30)31/h2-8,11-12,14H,9-10,23H2,1H3,(H,30,31). The van der Waals surface area contributed by atoms with E-state index in [1.54, 1.807) is 48.3 Å². The number of nitrogens with zero attached hydrogens (tertiary/aromatic N) is 6. The van der Waals surface area contributed by atoms with Gasteiger partial charge in [0.15, 0.2) is 5.82 Å². The van der Waals surface area contributed by atoms with Crippen LogP contribution in [0.1, 0.15) is 12.1 Å². The summed E-state index contributed by atoms with van der Waals surface area (Å²) >= 11 is 0. The zero-order valence-corrected chi connectivity index (χ0v) is 17.1. The molecule has 0 aliphatic rings. The van der Waals surface area contributed by atoms with Crippen molar-refractivity contribution in [1.29, 1.82) is 0 Å². The summed E-state index contributed by atoms with van der Waals surface area (Å²) in [6, 6.07) is 9.27. The van der Waals surface area contributed by atoms with Gasteiger partial charge in [0.25, 0.3) is 5.88 Å². The minimum atomic E-state index is -0.960. The van der Waals surface area contributed by atoms with Gasteiger partial charge in [-0.05, 0) is 36.4 Å². The van der Waals surface area contributed by atoms with Crippen LogP contribution in [-0.4, -0.2) is 46.9 Å². The quantitative estimate of drug-likeness (QED) is 0.429. The highest BCUT2D eigenvalue weighted by Crippen LogP contribution is 2.27. The number of pyridine rings is 1. The maximum absolute atomic E-state index is 14.5. The van der Waals surface area contributed by atoms with Gasteiger partial charge in [0.2, 0.25) is 0 Å². The van der Waals surface area contributed by atoms with Gasteiger partial charge in [0.05, 0.1) is 29.7 Å². The van der Waals surface area contributed by atoms with Crippen LogP contribution in [0.2, 0.25) is 0 Å². The highest BCUT2D eigenvalue weighted by Gasteiger charge is 2.13. The number of aromatic nitrogens is 6. The molecule has 32 heavy (non-hydrogen) atoms. The van der Waals surface area contributed by atoms with E-state index in [1.165, 1.54) is 23.3 Å². The van der Waals surface area contributed by atoms with Gasteiger partial charge >= 0.3 is 5.97 Å². The number of carboxylic acids is 1. The third-order valence-electron chi connectivity index (χ3n) is 4.65. The molecule has 0 radical (unpaired) electrons. The fourth-order valence-electron chi connectivity index (χ4n) is 3.13.